The van der Waals surface area contributed by atoms with Gasteiger partial charge >= 0.3 is 0 Å². The number of phenolic OH excluding ortho intramolecular Hbond substituents is 1. The second-order valence-electron chi connectivity index (χ2n) is 12.1. The normalized spacial score (nSPS) is 32.6. The van der Waals surface area contributed by atoms with Crippen molar-refractivity contribution in [2.45, 2.75) is 67.7 Å². The lowest BCUT2D eigenvalue weighted by molar-refractivity contribution is -0.200. The molecule has 5 aliphatic rings. The Bertz CT molecular complexity index is 1370. The van der Waals surface area contributed by atoms with Crippen molar-refractivity contribution in [1.29, 1.82) is 0 Å². The second-order valence-corrected chi connectivity index (χ2v) is 12.1. The van der Waals surface area contributed by atoms with Crippen LogP contribution in [0.5, 0.6) is 17.2 Å². The van der Waals surface area contributed by atoms with Crippen molar-refractivity contribution in [2.24, 2.45) is 5.92 Å². The predicted octanol–water partition coefficient (Wildman–Crippen LogP) is 3.64. The van der Waals surface area contributed by atoms with E-state index >= 15 is 0 Å². The summed E-state index contributed by atoms with van der Waals surface area (Å²) in [5.41, 5.74) is 0.973. The molecular formula is C31H35FN2O5. The minimum Gasteiger partial charge on any atom is -0.504 e. The number of nitrogens with zero attached hydrogens (tertiary/aromatic N) is 2. The summed E-state index contributed by atoms with van der Waals surface area (Å²) >= 11 is 0. The fourth-order valence-corrected chi connectivity index (χ4v) is 8.09. The number of halogens is 1. The smallest absolute Gasteiger partial charge is 0.246 e. The van der Waals surface area contributed by atoms with Gasteiger partial charge in [0.2, 0.25) is 5.91 Å². The number of hydrogen-bond acceptors (Lipinski definition) is 6. The number of methoxy groups -OCH3 is 1. The van der Waals surface area contributed by atoms with Crippen LogP contribution in [-0.4, -0.2) is 77.0 Å². The van der Waals surface area contributed by atoms with Crippen molar-refractivity contribution in [3.05, 3.63) is 58.9 Å². The molecule has 1 saturated heterocycles. The molecule has 3 fully saturated rings. The zero-order chi connectivity index (χ0) is 27.1. The third-order valence-corrected chi connectivity index (χ3v) is 10.2. The van der Waals surface area contributed by atoms with Crippen LogP contribution >= 0.6 is 0 Å². The maximum Gasteiger partial charge on any atom is 0.246 e. The van der Waals surface area contributed by atoms with Crippen molar-refractivity contribution in [1.82, 2.24) is 9.80 Å². The van der Waals surface area contributed by atoms with Crippen LogP contribution < -0.4 is 9.47 Å². The number of benzene rings is 2. The first kappa shape index (κ1) is 24.9. The average molecular weight is 535 g/mol. The third-order valence-electron chi connectivity index (χ3n) is 10.2. The van der Waals surface area contributed by atoms with Crippen molar-refractivity contribution < 1.29 is 28.9 Å². The minimum absolute atomic E-state index is 0.00670. The van der Waals surface area contributed by atoms with Crippen LogP contribution in [0.25, 0.3) is 6.08 Å². The quantitative estimate of drug-likeness (QED) is 0.551. The standard InChI is InChI=1S/C31H35FN2O5/c1-33(26(36)10-6-18-5-9-24(38-2)21(32)15-18)22-11-12-31(37)25-16-20-7-8-23(35)28-27(20)30(31,29(22)39-28)13-14-34(25)17-19-3-4-19/h5-10,15,19,22,25,29,35,37H,3-4,11-14,16-17H2,1-2H3/b10-6+/t22?,25-,29?,30+,31-/m1/s1. The van der Waals surface area contributed by atoms with E-state index in [-0.39, 0.29) is 29.5 Å². The molecule has 0 aromatic heterocycles. The van der Waals surface area contributed by atoms with E-state index in [4.69, 9.17) is 9.47 Å². The number of likely N-dealkylation sites (N-methyl/N-ethyl adjacent to an activating group) is 1. The molecule has 3 aliphatic carbocycles. The molecule has 1 spiro atoms. The van der Waals surface area contributed by atoms with Crippen LogP contribution in [0.4, 0.5) is 4.39 Å². The molecule has 2 saturated carbocycles. The van der Waals surface area contributed by atoms with Gasteiger partial charge in [-0.3, -0.25) is 9.69 Å². The van der Waals surface area contributed by atoms with Crippen LogP contribution in [0.15, 0.2) is 36.4 Å². The van der Waals surface area contributed by atoms with Gasteiger partial charge in [-0.05, 0) is 86.4 Å². The topological polar surface area (TPSA) is 82.5 Å². The number of ether oxygens (including phenoxy) is 2. The summed E-state index contributed by atoms with van der Waals surface area (Å²) in [6, 6.07) is 7.96. The molecule has 1 amide bonds. The van der Waals surface area contributed by atoms with Crippen molar-refractivity contribution in [3.63, 3.8) is 0 Å². The van der Waals surface area contributed by atoms with E-state index in [1.54, 1.807) is 30.2 Å². The van der Waals surface area contributed by atoms with Gasteiger partial charge in [0.25, 0.3) is 0 Å². The first-order valence-corrected chi connectivity index (χ1v) is 14.0. The lowest BCUT2D eigenvalue weighted by atomic mass is 9.48. The maximum absolute atomic E-state index is 14.1. The van der Waals surface area contributed by atoms with E-state index in [1.807, 2.05) is 6.07 Å². The summed E-state index contributed by atoms with van der Waals surface area (Å²) in [5, 5.41) is 23.4. The molecule has 206 valence electrons. The fraction of sp³-hybridized carbons (Fsp3) is 0.516. The number of phenols is 1. The zero-order valence-electron chi connectivity index (χ0n) is 22.4. The molecule has 2 heterocycles. The fourth-order valence-electron chi connectivity index (χ4n) is 8.09. The highest BCUT2D eigenvalue weighted by molar-refractivity contribution is 5.92. The monoisotopic (exact) mass is 534 g/mol. The summed E-state index contributed by atoms with van der Waals surface area (Å²) in [4.78, 5) is 17.6. The number of carbonyl (C=O) groups is 1. The largest absolute Gasteiger partial charge is 0.504 e. The van der Waals surface area contributed by atoms with Gasteiger partial charge in [0, 0.05) is 31.3 Å². The predicted molar refractivity (Wildman–Crippen MR) is 143 cm³/mol. The number of hydrogen-bond donors (Lipinski definition) is 2. The lowest BCUT2D eigenvalue weighted by Crippen LogP contribution is -2.78. The van der Waals surface area contributed by atoms with Gasteiger partial charge in [0.05, 0.1) is 24.2 Å². The highest BCUT2D eigenvalue weighted by Crippen LogP contribution is 2.66. The Morgan fingerprint density at radius 2 is 2.08 bits per heavy atom. The van der Waals surface area contributed by atoms with Crippen molar-refractivity contribution >= 4 is 12.0 Å². The van der Waals surface area contributed by atoms with E-state index in [1.165, 1.54) is 38.2 Å². The van der Waals surface area contributed by atoms with Gasteiger partial charge in [-0.15, -0.1) is 0 Å². The Labute approximate surface area is 227 Å². The van der Waals surface area contributed by atoms with E-state index in [0.717, 1.165) is 43.0 Å². The molecule has 8 heteroatoms. The van der Waals surface area contributed by atoms with Gasteiger partial charge in [0.15, 0.2) is 23.1 Å². The maximum atomic E-state index is 14.1. The zero-order valence-corrected chi connectivity index (χ0v) is 22.4. The molecule has 2 aromatic rings. The molecule has 2 N–H and O–H groups in total. The molecule has 2 bridgehead atoms. The van der Waals surface area contributed by atoms with E-state index in [0.29, 0.717) is 24.2 Å². The molecule has 7 rings (SSSR count). The number of carbonyl (C=O) groups excluding carboxylic acids is 1. The summed E-state index contributed by atoms with van der Waals surface area (Å²) in [6.07, 6.45) is 7.72. The molecule has 0 radical (unpaired) electrons. The first-order chi connectivity index (χ1) is 18.8. The SMILES string of the molecule is COc1ccc(/C=C/C(=O)N(C)C2CC[C@@]3(O)[C@H]4Cc5ccc(O)c6c5[C@@]3(CCN4CC3CC3)C2O6)cc1F. The molecule has 7 nitrogen and oxygen atoms in total. The summed E-state index contributed by atoms with van der Waals surface area (Å²) in [5.74, 6) is 0.731. The van der Waals surface area contributed by atoms with Gasteiger partial charge in [0.1, 0.15) is 6.10 Å². The minimum atomic E-state index is -0.992. The molecule has 39 heavy (non-hydrogen) atoms. The number of aromatic hydroxyl groups is 1. The van der Waals surface area contributed by atoms with E-state index in [9.17, 15) is 19.4 Å². The molecule has 2 aliphatic heterocycles. The summed E-state index contributed by atoms with van der Waals surface area (Å²) in [6.45, 7) is 1.89. The molecule has 2 aromatic carbocycles. The Morgan fingerprint density at radius 3 is 2.82 bits per heavy atom. The summed E-state index contributed by atoms with van der Waals surface area (Å²) < 4.78 is 25.7. The van der Waals surface area contributed by atoms with Gasteiger partial charge in [-0.25, -0.2) is 4.39 Å². The second kappa shape index (κ2) is 8.70. The number of piperidine rings is 1. The highest BCUT2D eigenvalue weighted by atomic mass is 19.1. The molecular weight excluding hydrogens is 499 g/mol. The Balaban J connectivity index is 1.22. The Morgan fingerprint density at radius 1 is 1.26 bits per heavy atom. The van der Waals surface area contributed by atoms with Crippen LogP contribution in [0.3, 0.4) is 0 Å². The van der Waals surface area contributed by atoms with E-state index in [2.05, 4.69) is 4.90 Å². The highest BCUT2D eigenvalue weighted by Gasteiger charge is 2.73. The Kier molecular flexibility index (Phi) is 5.56. The van der Waals surface area contributed by atoms with E-state index < -0.39 is 22.9 Å². The third kappa shape index (κ3) is 3.50. The number of rotatable bonds is 6. The molecule has 2 unspecified atom stereocenters. The Hall–Kier alpha value is -3.10. The summed E-state index contributed by atoms with van der Waals surface area (Å²) in [7, 11) is 3.18. The number of aliphatic hydroxyl groups is 1. The van der Waals surface area contributed by atoms with Crippen LogP contribution in [0, 0.1) is 11.7 Å². The van der Waals surface area contributed by atoms with Crippen molar-refractivity contribution in [3.8, 4) is 17.2 Å². The van der Waals surface area contributed by atoms with Gasteiger partial charge in [-0.1, -0.05) is 12.1 Å². The van der Waals surface area contributed by atoms with Crippen LogP contribution in [0.1, 0.15) is 48.8 Å². The van der Waals surface area contributed by atoms with Gasteiger partial charge in [-0.2, -0.15) is 0 Å². The van der Waals surface area contributed by atoms with Crippen molar-refractivity contribution in [2.75, 3.05) is 27.2 Å². The number of amides is 1. The van der Waals surface area contributed by atoms with Gasteiger partial charge < -0.3 is 24.6 Å². The molecule has 5 atom stereocenters. The lowest BCUT2D eigenvalue weighted by Gasteiger charge is -2.64. The van der Waals surface area contributed by atoms with Crippen LogP contribution in [0.2, 0.25) is 0 Å². The van der Waals surface area contributed by atoms with Crippen LogP contribution in [-0.2, 0) is 16.6 Å². The first-order valence-electron chi connectivity index (χ1n) is 14.0. The number of likely N-dealkylation sites (tertiary alicyclic amines) is 1. The average Bonchev–Trinajstić information content (AvgIpc) is 3.67.